The van der Waals surface area contributed by atoms with Crippen molar-refractivity contribution in [3.8, 4) is 0 Å². The third-order valence-corrected chi connectivity index (χ3v) is 3.67. The number of nitrogens with one attached hydrogen (secondary N) is 1. The minimum absolute atomic E-state index is 0.0866. The second kappa shape index (κ2) is 7.24. The van der Waals surface area contributed by atoms with Gasteiger partial charge in [0.2, 0.25) is 11.8 Å². The fourth-order valence-electron chi connectivity index (χ4n) is 2.60. The Bertz CT molecular complexity index is 471. The van der Waals surface area contributed by atoms with E-state index in [4.69, 9.17) is 4.52 Å². The normalized spacial score (nSPS) is 17.1. The van der Waals surface area contributed by atoms with Gasteiger partial charge in [-0.1, -0.05) is 19.0 Å². The molecular formula is C15H23N3O3. The smallest absolute Gasteiger partial charge is 0.243 e. The van der Waals surface area contributed by atoms with Gasteiger partial charge in [0.25, 0.3) is 0 Å². The third kappa shape index (κ3) is 4.31. The van der Waals surface area contributed by atoms with E-state index in [0.717, 1.165) is 12.8 Å². The molecule has 0 radical (unpaired) electrons. The predicted octanol–water partition coefficient (Wildman–Crippen LogP) is 1.72. The highest BCUT2D eigenvalue weighted by Gasteiger charge is 2.31. The van der Waals surface area contributed by atoms with Crippen molar-refractivity contribution in [1.29, 1.82) is 0 Å². The Kier molecular flexibility index (Phi) is 5.36. The van der Waals surface area contributed by atoms with Gasteiger partial charge < -0.3 is 14.7 Å². The molecule has 21 heavy (non-hydrogen) atoms. The maximum Gasteiger partial charge on any atom is 0.243 e. The van der Waals surface area contributed by atoms with Crippen LogP contribution < -0.4 is 5.32 Å². The van der Waals surface area contributed by atoms with E-state index in [1.807, 2.05) is 0 Å². The molecule has 1 aliphatic rings. The third-order valence-electron chi connectivity index (χ3n) is 3.67. The van der Waals surface area contributed by atoms with Gasteiger partial charge in [-0.25, -0.2) is 0 Å². The molecule has 6 heteroatoms. The molecule has 0 aliphatic carbocycles. The average Bonchev–Trinajstić information content (AvgIpc) is 2.96. The molecule has 1 aromatic rings. The summed E-state index contributed by atoms with van der Waals surface area (Å²) in [6, 6.07) is 1.33. The number of aromatic nitrogens is 1. The molecule has 1 aliphatic heterocycles. The largest absolute Gasteiger partial charge is 0.364 e. The van der Waals surface area contributed by atoms with Crippen LogP contribution in [0.15, 0.2) is 16.9 Å². The summed E-state index contributed by atoms with van der Waals surface area (Å²) in [5.74, 6) is 0.327. The van der Waals surface area contributed by atoms with E-state index >= 15 is 0 Å². The number of hydrogen-bond donors (Lipinski definition) is 1. The number of nitrogens with zero attached hydrogens (tertiary/aromatic N) is 2. The average molecular weight is 293 g/mol. The van der Waals surface area contributed by atoms with Gasteiger partial charge in [-0.05, 0) is 25.2 Å². The van der Waals surface area contributed by atoms with Gasteiger partial charge in [0.05, 0.1) is 6.54 Å². The summed E-state index contributed by atoms with van der Waals surface area (Å²) in [5.41, 5.74) is 0.677. The summed E-state index contributed by atoms with van der Waals surface area (Å²) < 4.78 is 4.74. The Morgan fingerprint density at radius 2 is 2.29 bits per heavy atom. The molecule has 2 heterocycles. The molecule has 1 fully saturated rings. The van der Waals surface area contributed by atoms with Crippen molar-refractivity contribution < 1.29 is 14.1 Å². The number of piperidine rings is 1. The number of carbonyl (C=O) groups excluding carboxylic acids is 2. The molecule has 0 saturated carbocycles. The second-order valence-electron chi connectivity index (χ2n) is 5.90. The molecule has 0 aromatic carbocycles. The predicted molar refractivity (Wildman–Crippen MR) is 77.2 cm³/mol. The maximum absolute atomic E-state index is 12.5. The zero-order valence-electron chi connectivity index (χ0n) is 12.7. The van der Waals surface area contributed by atoms with Crippen LogP contribution in [0.25, 0.3) is 0 Å². The molecule has 1 N–H and O–H groups in total. The van der Waals surface area contributed by atoms with Gasteiger partial charge in [-0.3, -0.25) is 9.59 Å². The number of amides is 2. The molecule has 0 spiro atoms. The van der Waals surface area contributed by atoms with Crippen LogP contribution in [0.1, 0.15) is 45.2 Å². The van der Waals surface area contributed by atoms with E-state index in [0.29, 0.717) is 37.5 Å². The number of rotatable bonds is 6. The van der Waals surface area contributed by atoms with E-state index in [1.165, 1.54) is 6.26 Å². The summed E-state index contributed by atoms with van der Waals surface area (Å²) >= 11 is 0. The molecular weight excluding hydrogens is 270 g/mol. The lowest BCUT2D eigenvalue weighted by molar-refractivity contribution is -0.143. The lowest BCUT2D eigenvalue weighted by Crippen LogP contribution is -2.51. The second-order valence-corrected chi connectivity index (χ2v) is 5.90. The highest BCUT2D eigenvalue weighted by molar-refractivity contribution is 5.88. The highest BCUT2D eigenvalue weighted by Crippen LogP contribution is 2.19. The summed E-state index contributed by atoms with van der Waals surface area (Å²) in [5, 5.41) is 6.62. The van der Waals surface area contributed by atoms with Gasteiger partial charge >= 0.3 is 0 Å². The summed E-state index contributed by atoms with van der Waals surface area (Å²) in [4.78, 5) is 26.3. The first-order valence-corrected chi connectivity index (χ1v) is 7.54. The number of hydrogen-bond acceptors (Lipinski definition) is 4. The van der Waals surface area contributed by atoms with E-state index in [-0.39, 0.29) is 17.9 Å². The van der Waals surface area contributed by atoms with E-state index in [2.05, 4.69) is 24.3 Å². The lowest BCUT2D eigenvalue weighted by Gasteiger charge is -2.34. The van der Waals surface area contributed by atoms with Crippen LogP contribution in [0.2, 0.25) is 0 Å². The van der Waals surface area contributed by atoms with Crippen LogP contribution >= 0.6 is 0 Å². The number of likely N-dealkylation sites (tertiary alicyclic amines) is 1. The summed E-state index contributed by atoms with van der Waals surface area (Å²) in [7, 11) is 0. The molecule has 1 saturated heterocycles. The van der Waals surface area contributed by atoms with Crippen molar-refractivity contribution >= 4 is 11.8 Å². The molecule has 6 nitrogen and oxygen atoms in total. The Morgan fingerprint density at radius 1 is 1.48 bits per heavy atom. The molecule has 0 bridgehead atoms. The topological polar surface area (TPSA) is 75.4 Å². The molecule has 1 atom stereocenters. The fraction of sp³-hybridized carbons (Fsp3) is 0.667. The first-order chi connectivity index (χ1) is 10.1. The minimum atomic E-state index is -0.385. The zero-order valence-corrected chi connectivity index (χ0v) is 12.7. The van der Waals surface area contributed by atoms with Crippen molar-refractivity contribution in [2.24, 2.45) is 5.92 Å². The van der Waals surface area contributed by atoms with E-state index in [1.54, 1.807) is 11.0 Å². The van der Waals surface area contributed by atoms with Gasteiger partial charge in [0.1, 0.15) is 18.0 Å². The summed E-state index contributed by atoms with van der Waals surface area (Å²) in [6.45, 7) is 5.12. The Labute approximate surface area is 124 Å². The molecule has 116 valence electrons. The van der Waals surface area contributed by atoms with Gasteiger partial charge in [-0.15, -0.1) is 0 Å². The van der Waals surface area contributed by atoms with Crippen LogP contribution in [-0.2, 0) is 16.1 Å². The van der Waals surface area contributed by atoms with Crippen LogP contribution in [0.4, 0.5) is 0 Å². The van der Waals surface area contributed by atoms with Crippen molar-refractivity contribution in [3.63, 3.8) is 0 Å². The van der Waals surface area contributed by atoms with Crippen LogP contribution in [0, 0.1) is 5.92 Å². The highest BCUT2D eigenvalue weighted by atomic mass is 16.5. The first-order valence-electron chi connectivity index (χ1n) is 7.54. The minimum Gasteiger partial charge on any atom is -0.364 e. The summed E-state index contributed by atoms with van der Waals surface area (Å²) in [6.07, 6.45) is 4.59. The van der Waals surface area contributed by atoms with E-state index < -0.39 is 0 Å². The quantitative estimate of drug-likeness (QED) is 0.866. The van der Waals surface area contributed by atoms with Gasteiger partial charge in [-0.2, -0.15) is 0 Å². The maximum atomic E-state index is 12.5. The lowest BCUT2D eigenvalue weighted by atomic mass is 9.98. The van der Waals surface area contributed by atoms with Crippen molar-refractivity contribution in [1.82, 2.24) is 15.4 Å². The number of carbonyl (C=O) groups is 2. The molecule has 2 amide bonds. The Balaban J connectivity index is 2.00. The van der Waals surface area contributed by atoms with Crippen molar-refractivity contribution in [2.75, 3.05) is 6.54 Å². The monoisotopic (exact) mass is 293 g/mol. The fourth-order valence-corrected chi connectivity index (χ4v) is 2.60. The van der Waals surface area contributed by atoms with Gasteiger partial charge in [0.15, 0.2) is 0 Å². The van der Waals surface area contributed by atoms with E-state index in [9.17, 15) is 9.59 Å². The van der Waals surface area contributed by atoms with Crippen LogP contribution in [-0.4, -0.2) is 34.5 Å². The van der Waals surface area contributed by atoms with Crippen LogP contribution in [0.3, 0.4) is 0 Å². The zero-order chi connectivity index (χ0) is 15.2. The molecule has 1 aromatic heterocycles. The molecule has 2 rings (SSSR count). The van der Waals surface area contributed by atoms with Crippen molar-refractivity contribution in [3.05, 3.63) is 18.0 Å². The van der Waals surface area contributed by atoms with Crippen molar-refractivity contribution in [2.45, 2.75) is 52.1 Å². The standard InChI is InChI=1S/C15H23N3O3/c1-11(2)9-13(18-7-4-3-5-14(18)19)15(20)16-10-12-6-8-21-17-12/h6,8,11,13H,3-5,7,9-10H2,1-2H3,(H,16,20)/t13-/m1/s1. The first kappa shape index (κ1) is 15.5. The van der Waals surface area contributed by atoms with Gasteiger partial charge in [0, 0.05) is 19.0 Å². The Hall–Kier alpha value is -1.85. The Morgan fingerprint density at radius 3 is 2.90 bits per heavy atom. The molecule has 0 unspecified atom stereocenters. The SMILES string of the molecule is CC(C)C[C@H](C(=O)NCc1ccon1)N1CCCCC1=O. The van der Waals surface area contributed by atoms with Crippen LogP contribution in [0.5, 0.6) is 0 Å².